The number of likely N-dealkylation sites (N-methyl/N-ethyl adjacent to an activating group) is 1. The van der Waals surface area contributed by atoms with Gasteiger partial charge in [-0.05, 0) is 41.8 Å². The topological polar surface area (TPSA) is 155 Å². The number of likely N-dealkylation sites (tertiary alicyclic amines) is 1. The number of guanidine groups is 1. The number of primary amides is 1. The summed E-state index contributed by atoms with van der Waals surface area (Å²) in [7, 11) is 1.64. The smallest absolute Gasteiger partial charge is 0.325 e. The van der Waals surface area contributed by atoms with Gasteiger partial charge in [0, 0.05) is 38.4 Å². The highest BCUT2D eigenvalue weighted by atomic mass is 32.2. The molecule has 0 saturated carbocycles. The third-order valence-corrected chi connectivity index (χ3v) is 7.74. The molecule has 5 rings (SSSR count). The third kappa shape index (κ3) is 4.59. The fraction of sp³-hybridized carbons (Fsp3) is 0.500. The number of tetrazole rings is 1. The van der Waals surface area contributed by atoms with Crippen molar-refractivity contribution in [1.82, 2.24) is 40.2 Å². The number of piperidine rings is 1. The van der Waals surface area contributed by atoms with Gasteiger partial charge in [0.25, 0.3) is 5.91 Å². The van der Waals surface area contributed by atoms with Crippen LogP contribution >= 0.6 is 11.8 Å². The number of rotatable bonds is 7. The van der Waals surface area contributed by atoms with Crippen molar-refractivity contribution >= 4 is 35.6 Å². The molecule has 3 aliphatic rings. The number of para-hydroxylation sites is 1. The number of amides is 4. The number of hydrogen-bond acceptors (Lipinski definition) is 10. The van der Waals surface area contributed by atoms with Crippen LogP contribution in [-0.4, -0.2) is 103 Å². The summed E-state index contributed by atoms with van der Waals surface area (Å²) in [5.41, 5.74) is 6.38. The van der Waals surface area contributed by atoms with E-state index in [1.807, 2.05) is 35.2 Å². The molecule has 4 amide bonds. The second kappa shape index (κ2) is 10.1. The number of benzene rings is 1. The molecule has 0 spiro atoms. The minimum Gasteiger partial charge on any atom is -0.369 e. The van der Waals surface area contributed by atoms with Crippen LogP contribution in [0.3, 0.4) is 0 Å². The lowest BCUT2D eigenvalue weighted by molar-refractivity contribution is -0.127. The first-order chi connectivity index (χ1) is 17.4. The molecule has 3 aliphatic heterocycles. The van der Waals surface area contributed by atoms with Crippen LogP contribution in [-0.2, 0) is 9.59 Å². The fourth-order valence-electron chi connectivity index (χ4n) is 4.78. The number of urea groups is 1. The monoisotopic (exact) mass is 512 g/mol. The molecule has 0 radical (unpaired) electrons. The number of thioether (sulfide) groups is 1. The van der Waals surface area contributed by atoms with Gasteiger partial charge in [0.15, 0.2) is 18.2 Å². The number of carbonyl (C=O) groups is 3. The standard InChI is InChI=1S/C22H28N10O3S/c1-29-18-16(19(34)25-21(29)35)31(20(24-18)30-11-8-14(9-12-30)17(23)33)10-5-13-36-22-26-27-28-32(22)15-6-3-2-4-7-15/h2-4,6-7,14,16,18H,5,8-13H2,1H3,(H2,23,33)(H,25,34,35). The van der Waals surface area contributed by atoms with Gasteiger partial charge in [0.2, 0.25) is 11.1 Å². The van der Waals surface area contributed by atoms with Gasteiger partial charge < -0.3 is 20.4 Å². The van der Waals surface area contributed by atoms with E-state index in [9.17, 15) is 14.4 Å². The summed E-state index contributed by atoms with van der Waals surface area (Å²) >= 11 is 1.53. The molecule has 14 heteroatoms. The number of carbonyl (C=O) groups excluding carboxylic acids is 3. The maximum atomic E-state index is 12.8. The van der Waals surface area contributed by atoms with Gasteiger partial charge in [-0.15, -0.1) is 5.10 Å². The van der Waals surface area contributed by atoms with Gasteiger partial charge in [-0.25, -0.2) is 9.79 Å². The molecule has 2 atom stereocenters. The Hall–Kier alpha value is -3.68. The van der Waals surface area contributed by atoms with Crippen molar-refractivity contribution in [1.29, 1.82) is 0 Å². The van der Waals surface area contributed by atoms with E-state index in [0.717, 1.165) is 12.1 Å². The lowest BCUT2D eigenvalue weighted by Crippen LogP contribution is -2.64. The van der Waals surface area contributed by atoms with Crippen LogP contribution in [0.1, 0.15) is 19.3 Å². The maximum absolute atomic E-state index is 12.8. The zero-order chi connectivity index (χ0) is 25.2. The number of hydrogen-bond donors (Lipinski definition) is 2. The SMILES string of the molecule is CN1C(=O)NC(=O)C2C1N=C(N1CCC(C(N)=O)CC1)N2CCCSc1nnnn1-c1ccccc1. The Morgan fingerprint density at radius 1 is 1.19 bits per heavy atom. The summed E-state index contributed by atoms with van der Waals surface area (Å²) in [6.45, 7) is 1.79. The minimum atomic E-state index is -0.601. The van der Waals surface area contributed by atoms with Crippen molar-refractivity contribution in [2.24, 2.45) is 16.6 Å². The van der Waals surface area contributed by atoms with Gasteiger partial charge in [-0.1, -0.05) is 30.0 Å². The average molecular weight is 513 g/mol. The molecule has 13 nitrogen and oxygen atoms in total. The Labute approximate surface area is 212 Å². The number of imide groups is 1. The molecule has 2 unspecified atom stereocenters. The zero-order valence-electron chi connectivity index (χ0n) is 19.9. The highest BCUT2D eigenvalue weighted by Crippen LogP contribution is 2.28. The summed E-state index contributed by atoms with van der Waals surface area (Å²) in [6, 6.07) is 8.62. The predicted octanol–water partition coefficient (Wildman–Crippen LogP) is -0.110. The first kappa shape index (κ1) is 24.0. The molecule has 1 aromatic heterocycles. The second-order valence-electron chi connectivity index (χ2n) is 8.96. The minimum absolute atomic E-state index is 0.154. The van der Waals surface area contributed by atoms with Gasteiger partial charge >= 0.3 is 6.03 Å². The first-order valence-electron chi connectivity index (χ1n) is 11.9. The van der Waals surface area contributed by atoms with E-state index in [4.69, 9.17) is 10.7 Å². The van der Waals surface area contributed by atoms with E-state index < -0.39 is 18.2 Å². The third-order valence-electron chi connectivity index (χ3n) is 6.74. The molecule has 0 aliphatic carbocycles. The number of nitrogens with two attached hydrogens (primary N) is 1. The molecule has 0 bridgehead atoms. The van der Waals surface area contributed by atoms with Crippen LogP contribution in [0.25, 0.3) is 5.69 Å². The Bertz CT molecular complexity index is 1160. The average Bonchev–Trinajstić information content (AvgIpc) is 3.51. The summed E-state index contributed by atoms with van der Waals surface area (Å²) in [4.78, 5) is 47.0. The van der Waals surface area contributed by atoms with E-state index in [-0.39, 0.29) is 17.7 Å². The first-order valence-corrected chi connectivity index (χ1v) is 12.9. The maximum Gasteiger partial charge on any atom is 0.325 e. The van der Waals surface area contributed by atoms with E-state index >= 15 is 0 Å². The fourth-order valence-corrected chi connectivity index (χ4v) is 5.59. The Balaban J connectivity index is 1.27. The van der Waals surface area contributed by atoms with Crippen molar-refractivity contribution in [3.05, 3.63) is 30.3 Å². The van der Waals surface area contributed by atoms with Crippen LogP contribution in [0.5, 0.6) is 0 Å². The number of aromatic nitrogens is 4. The summed E-state index contributed by atoms with van der Waals surface area (Å²) in [6.07, 6.45) is 1.41. The van der Waals surface area contributed by atoms with Crippen LogP contribution in [0.2, 0.25) is 0 Å². The van der Waals surface area contributed by atoms with Crippen LogP contribution in [0, 0.1) is 5.92 Å². The summed E-state index contributed by atoms with van der Waals surface area (Å²) in [5, 5.41) is 15.2. The molecule has 2 aromatic rings. The Morgan fingerprint density at radius 3 is 2.67 bits per heavy atom. The van der Waals surface area contributed by atoms with E-state index in [0.29, 0.717) is 49.3 Å². The van der Waals surface area contributed by atoms with Gasteiger partial charge in [0.1, 0.15) is 0 Å². The molecule has 1 aromatic carbocycles. The molecular formula is C22H28N10O3S. The van der Waals surface area contributed by atoms with E-state index in [1.165, 1.54) is 16.7 Å². The van der Waals surface area contributed by atoms with Crippen LogP contribution in [0.15, 0.2) is 40.5 Å². The predicted molar refractivity (Wildman–Crippen MR) is 131 cm³/mol. The number of nitrogens with zero attached hydrogens (tertiary/aromatic N) is 8. The number of nitrogens with one attached hydrogen (secondary N) is 1. The van der Waals surface area contributed by atoms with Crippen LogP contribution in [0.4, 0.5) is 4.79 Å². The van der Waals surface area contributed by atoms with E-state index in [2.05, 4.69) is 25.7 Å². The molecule has 2 fully saturated rings. The van der Waals surface area contributed by atoms with Gasteiger partial charge in [0.05, 0.1) is 5.69 Å². The van der Waals surface area contributed by atoms with Crippen molar-refractivity contribution in [2.45, 2.75) is 36.6 Å². The molecule has 190 valence electrons. The van der Waals surface area contributed by atoms with E-state index in [1.54, 1.807) is 11.7 Å². The Morgan fingerprint density at radius 2 is 1.94 bits per heavy atom. The quantitative estimate of drug-likeness (QED) is 0.382. The van der Waals surface area contributed by atoms with Crippen molar-refractivity contribution in [3.8, 4) is 5.69 Å². The van der Waals surface area contributed by atoms with Crippen molar-refractivity contribution < 1.29 is 14.4 Å². The zero-order valence-corrected chi connectivity index (χ0v) is 20.7. The second-order valence-corrected chi connectivity index (χ2v) is 10.0. The Kier molecular flexibility index (Phi) is 6.76. The normalized spacial score (nSPS) is 22.5. The molecule has 4 heterocycles. The lowest BCUT2D eigenvalue weighted by atomic mass is 9.96. The largest absolute Gasteiger partial charge is 0.369 e. The van der Waals surface area contributed by atoms with Crippen molar-refractivity contribution in [3.63, 3.8) is 0 Å². The molecule has 2 saturated heterocycles. The van der Waals surface area contributed by atoms with Crippen LogP contribution < -0.4 is 11.1 Å². The molecule has 3 N–H and O–H groups in total. The van der Waals surface area contributed by atoms with Gasteiger partial charge in [-0.3, -0.25) is 14.9 Å². The number of aliphatic imine (C=N–C) groups is 1. The summed E-state index contributed by atoms with van der Waals surface area (Å²) < 4.78 is 1.70. The lowest BCUT2D eigenvalue weighted by Gasteiger charge is -2.39. The highest BCUT2D eigenvalue weighted by molar-refractivity contribution is 7.99. The number of fused-ring (bicyclic) bond motifs is 1. The summed E-state index contributed by atoms with van der Waals surface area (Å²) in [5.74, 6) is 0.610. The molecule has 36 heavy (non-hydrogen) atoms. The molecular weight excluding hydrogens is 484 g/mol. The highest BCUT2D eigenvalue weighted by Gasteiger charge is 2.49. The van der Waals surface area contributed by atoms with Crippen molar-refractivity contribution in [2.75, 3.05) is 32.4 Å². The van der Waals surface area contributed by atoms with Gasteiger partial charge in [-0.2, -0.15) is 4.68 Å².